The summed E-state index contributed by atoms with van der Waals surface area (Å²) in [6.45, 7) is 10.2. The van der Waals surface area contributed by atoms with E-state index in [4.69, 9.17) is 16.7 Å². The first-order chi connectivity index (χ1) is 15.0. The highest BCUT2D eigenvalue weighted by Crippen LogP contribution is 2.43. The van der Waals surface area contributed by atoms with E-state index >= 15 is 0 Å². The second kappa shape index (κ2) is 9.41. The molecule has 4 nitrogen and oxygen atoms in total. The summed E-state index contributed by atoms with van der Waals surface area (Å²) in [5, 5.41) is 4.85. The molecule has 1 atom stereocenters. The molecule has 0 fully saturated rings. The number of halogens is 1. The highest BCUT2D eigenvalue weighted by atomic mass is 35.5. The maximum atomic E-state index is 12.5. The third kappa shape index (κ3) is 4.35. The fourth-order valence-electron chi connectivity index (χ4n) is 4.38. The molecule has 0 saturated carbocycles. The van der Waals surface area contributed by atoms with Crippen LogP contribution in [0.1, 0.15) is 54.3 Å². The molecule has 162 valence electrons. The first-order valence-electron chi connectivity index (χ1n) is 10.9. The summed E-state index contributed by atoms with van der Waals surface area (Å²) in [6, 6.07) is 10.6. The highest BCUT2D eigenvalue weighted by Gasteiger charge is 2.32. The molecule has 0 aliphatic carbocycles. The number of amides is 1. The van der Waals surface area contributed by atoms with Gasteiger partial charge in [-0.25, -0.2) is 0 Å². The van der Waals surface area contributed by atoms with Crippen molar-refractivity contribution < 1.29 is 4.79 Å². The van der Waals surface area contributed by atoms with Crippen LogP contribution in [0.3, 0.4) is 0 Å². The van der Waals surface area contributed by atoms with E-state index in [0.717, 1.165) is 40.7 Å². The predicted octanol–water partition coefficient (Wildman–Crippen LogP) is 6.29. The zero-order valence-corrected chi connectivity index (χ0v) is 19.7. The molecule has 0 N–H and O–H groups in total. The number of benzene rings is 1. The Morgan fingerprint density at radius 2 is 2.10 bits per heavy atom. The molecule has 6 heteroatoms. The molecule has 3 aromatic rings. The van der Waals surface area contributed by atoms with Crippen molar-refractivity contribution in [3.05, 3.63) is 75.2 Å². The third-order valence-electron chi connectivity index (χ3n) is 5.95. The Kier molecular flexibility index (Phi) is 6.63. The van der Waals surface area contributed by atoms with E-state index in [0.29, 0.717) is 13.1 Å². The van der Waals surface area contributed by atoms with Gasteiger partial charge < -0.3 is 4.90 Å². The van der Waals surface area contributed by atoms with Crippen LogP contribution in [0.4, 0.5) is 0 Å². The minimum absolute atomic E-state index is 0.0423. The maximum absolute atomic E-state index is 12.5. The fourth-order valence-corrected chi connectivity index (χ4v) is 5.73. The van der Waals surface area contributed by atoms with Crippen LogP contribution in [0.25, 0.3) is 11.1 Å². The van der Waals surface area contributed by atoms with Gasteiger partial charge in [0.05, 0.1) is 16.6 Å². The van der Waals surface area contributed by atoms with Crippen LogP contribution in [0.15, 0.2) is 49.2 Å². The molecule has 1 aliphatic heterocycles. The Bertz CT molecular complexity index is 1100. The quantitative estimate of drug-likeness (QED) is 0.394. The molecular weight excluding hydrogens is 426 g/mol. The predicted molar refractivity (Wildman–Crippen MR) is 129 cm³/mol. The zero-order chi connectivity index (χ0) is 22.0. The molecule has 1 aliphatic rings. The molecule has 0 saturated heterocycles. The van der Waals surface area contributed by atoms with Crippen LogP contribution in [0, 0.1) is 0 Å². The average Bonchev–Trinajstić information content (AvgIpc) is 3.38. The molecule has 1 amide bonds. The van der Waals surface area contributed by atoms with E-state index in [1.807, 2.05) is 4.90 Å². The van der Waals surface area contributed by atoms with Crippen LogP contribution >= 0.6 is 22.9 Å². The molecule has 0 spiro atoms. The van der Waals surface area contributed by atoms with Gasteiger partial charge in [-0.3, -0.25) is 9.48 Å². The van der Waals surface area contributed by atoms with Crippen molar-refractivity contribution in [2.24, 2.45) is 0 Å². The van der Waals surface area contributed by atoms with Gasteiger partial charge in [0, 0.05) is 35.6 Å². The Labute approximate surface area is 193 Å². The van der Waals surface area contributed by atoms with Gasteiger partial charge in [0.15, 0.2) is 0 Å². The van der Waals surface area contributed by atoms with Crippen molar-refractivity contribution in [2.45, 2.75) is 52.1 Å². The van der Waals surface area contributed by atoms with E-state index in [9.17, 15) is 4.79 Å². The third-order valence-corrected chi connectivity index (χ3v) is 7.22. The lowest BCUT2D eigenvalue weighted by atomic mass is 9.84. The van der Waals surface area contributed by atoms with Gasteiger partial charge in [-0.05, 0) is 41.7 Å². The van der Waals surface area contributed by atoms with Crippen molar-refractivity contribution >= 4 is 28.8 Å². The molecule has 0 unspecified atom stereocenters. The highest BCUT2D eigenvalue weighted by molar-refractivity contribution is 7.16. The van der Waals surface area contributed by atoms with Crippen LogP contribution in [0.2, 0.25) is 4.34 Å². The van der Waals surface area contributed by atoms with Crippen molar-refractivity contribution in [1.82, 2.24) is 14.7 Å². The maximum Gasteiger partial charge on any atom is 0.246 e. The number of thiophene rings is 1. The standard InChI is InChI=1S/C25H28ClN3OS/c1-4-7-12-29-15-21(22(5-2)27-29)18-11-9-8-10-17(18)20-14-28(25(30)6-3)16-23-19(20)13-24(26)31-23/h6,8-11,13,15,20H,3-5,7,12,14,16H2,1-2H3/t20-/m0/s1. The number of fused-ring (bicyclic) bond motifs is 1. The van der Waals surface area contributed by atoms with E-state index in [2.05, 4.69) is 61.6 Å². The number of hydrogen-bond donors (Lipinski definition) is 0. The smallest absolute Gasteiger partial charge is 0.246 e. The van der Waals surface area contributed by atoms with Crippen molar-refractivity contribution in [2.75, 3.05) is 6.54 Å². The summed E-state index contributed by atoms with van der Waals surface area (Å²) in [6.07, 6.45) is 6.72. The number of aryl methyl sites for hydroxylation is 2. The number of rotatable bonds is 7. The van der Waals surface area contributed by atoms with Crippen LogP contribution in [-0.2, 0) is 24.3 Å². The first kappa shape index (κ1) is 21.8. The molecule has 3 heterocycles. The van der Waals surface area contributed by atoms with Gasteiger partial charge in [-0.1, -0.05) is 62.7 Å². The molecule has 1 aromatic carbocycles. The van der Waals surface area contributed by atoms with Crippen LogP contribution < -0.4 is 0 Å². The summed E-state index contributed by atoms with van der Waals surface area (Å²) in [7, 11) is 0. The van der Waals surface area contributed by atoms with Gasteiger partial charge in [0.2, 0.25) is 5.91 Å². The molecular formula is C25H28ClN3OS. The van der Waals surface area contributed by atoms with Gasteiger partial charge in [-0.15, -0.1) is 11.3 Å². The second-order valence-corrected chi connectivity index (χ2v) is 9.72. The van der Waals surface area contributed by atoms with Crippen LogP contribution in [0.5, 0.6) is 0 Å². The Hall–Kier alpha value is -2.37. The molecule has 0 radical (unpaired) electrons. The number of nitrogens with zero attached hydrogens (tertiary/aromatic N) is 3. The molecule has 31 heavy (non-hydrogen) atoms. The van der Waals surface area contributed by atoms with Crippen molar-refractivity contribution in [3.63, 3.8) is 0 Å². The molecule has 0 bridgehead atoms. The lowest BCUT2D eigenvalue weighted by Crippen LogP contribution is -2.37. The van der Waals surface area contributed by atoms with Crippen LogP contribution in [-0.4, -0.2) is 27.1 Å². The van der Waals surface area contributed by atoms with Crippen molar-refractivity contribution in [1.29, 1.82) is 0 Å². The van der Waals surface area contributed by atoms with E-state index in [1.165, 1.54) is 28.3 Å². The topological polar surface area (TPSA) is 38.1 Å². The Balaban J connectivity index is 1.81. The summed E-state index contributed by atoms with van der Waals surface area (Å²) in [5.74, 6) is 0.0237. The van der Waals surface area contributed by atoms with E-state index < -0.39 is 0 Å². The van der Waals surface area contributed by atoms with Gasteiger partial charge in [0.1, 0.15) is 0 Å². The zero-order valence-electron chi connectivity index (χ0n) is 18.1. The Morgan fingerprint density at radius 1 is 1.29 bits per heavy atom. The van der Waals surface area contributed by atoms with Gasteiger partial charge >= 0.3 is 0 Å². The summed E-state index contributed by atoms with van der Waals surface area (Å²) < 4.78 is 2.84. The van der Waals surface area contributed by atoms with Gasteiger partial charge in [-0.2, -0.15) is 5.10 Å². The summed E-state index contributed by atoms with van der Waals surface area (Å²) >= 11 is 7.97. The average molecular weight is 454 g/mol. The molecule has 4 rings (SSSR count). The first-order valence-corrected chi connectivity index (χ1v) is 12.1. The van der Waals surface area contributed by atoms with E-state index in [-0.39, 0.29) is 11.8 Å². The second-order valence-electron chi connectivity index (χ2n) is 7.95. The number of hydrogen-bond acceptors (Lipinski definition) is 3. The fraction of sp³-hybridized carbons (Fsp3) is 0.360. The minimum Gasteiger partial charge on any atom is -0.333 e. The SMILES string of the molecule is C=CC(=O)N1Cc2sc(Cl)cc2[C@H](c2ccccc2-c2cn(CCCC)nc2CC)C1. The summed E-state index contributed by atoms with van der Waals surface area (Å²) in [4.78, 5) is 15.5. The minimum atomic E-state index is -0.0423. The lowest BCUT2D eigenvalue weighted by molar-refractivity contribution is -0.127. The van der Waals surface area contributed by atoms with Gasteiger partial charge in [0.25, 0.3) is 0 Å². The number of aromatic nitrogens is 2. The largest absolute Gasteiger partial charge is 0.333 e. The normalized spacial score (nSPS) is 15.7. The van der Waals surface area contributed by atoms with E-state index in [1.54, 1.807) is 11.3 Å². The Morgan fingerprint density at radius 3 is 2.84 bits per heavy atom. The van der Waals surface area contributed by atoms with Crippen molar-refractivity contribution in [3.8, 4) is 11.1 Å². The number of carbonyl (C=O) groups excluding carboxylic acids is 1. The monoisotopic (exact) mass is 453 g/mol. The summed E-state index contributed by atoms with van der Waals surface area (Å²) in [5.41, 5.74) is 5.93. The lowest BCUT2D eigenvalue weighted by Gasteiger charge is -2.33. The number of unbranched alkanes of at least 4 members (excludes halogenated alkanes) is 1. The molecule has 2 aromatic heterocycles. The number of carbonyl (C=O) groups is 1.